The number of nitrogens with one attached hydrogen (secondary N) is 1. The summed E-state index contributed by atoms with van der Waals surface area (Å²) in [5, 5.41) is 7.22. The van der Waals surface area contributed by atoms with Crippen molar-refractivity contribution in [1.29, 1.82) is 0 Å². The number of aromatic nitrogens is 2. The lowest BCUT2D eigenvalue weighted by atomic mass is 9.97. The molecule has 0 spiro atoms. The van der Waals surface area contributed by atoms with E-state index in [2.05, 4.69) is 26.9 Å². The van der Waals surface area contributed by atoms with E-state index in [1.54, 1.807) is 0 Å². The molecule has 6 heteroatoms. The summed E-state index contributed by atoms with van der Waals surface area (Å²) >= 11 is 0. The summed E-state index contributed by atoms with van der Waals surface area (Å²) < 4.78 is 5.35. The van der Waals surface area contributed by atoms with E-state index in [-0.39, 0.29) is 11.9 Å². The summed E-state index contributed by atoms with van der Waals surface area (Å²) in [6, 6.07) is 0.174. The summed E-state index contributed by atoms with van der Waals surface area (Å²) in [7, 11) is 0. The summed E-state index contributed by atoms with van der Waals surface area (Å²) in [4.78, 5) is 17.1. The first-order valence-electron chi connectivity index (χ1n) is 8.35. The second kappa shape index (κ2) is 7.24. The Morgan fingerprint density at radius 1 is 1.36 bits per heavy atom. The van der Waals surface area contributed by atoms with Gasteiger partial charge in [0.1, 0.15) is 0 Å². The minimum absolute atomic E-state index is 0.174. The number of piperidine rings is 1. The average Bonchev–Trinajstić information content (AvgIpc) is 2.99. The lowest BCUT2D eigenvalue weighted by molar-refractivity contribution is -0.135. The van der Waals surface area contributed by atoms with Gasteiger partial charge in [-0.05, 0) is 31.7 Å². The molecule has 0 bridgehead atoms. The lowest BCUT2D eigenvalue weighted by Crippen LogP contribution is -2.42. The molecule has 0 aliphatic carbocycles. The van der Waals surface area contributed by atoms with Crippen LogP contribution in [0.2, 0.25) is 0 Å². The molecule has 0 aromatic carbocycles. The fourth-order valence-corrected chi connectivity index (χ4v) is 3.45. The van der Waals surface area contributed by atoms with E-state index >= 15 is 0 Å². The Hall–Kier alpha value is -1.40. The number of carbonyl (C=O) groups is 1. The largest absolute Gasteiger partial charge is 0.379 e. The number of hydrogen-bond acceptors (Lipinski definition) is 4. The van der Waals surface area contributed by atoms with Crippen molar-refractivity contribution in [2.24, 2.45) is 0 Å². The Labute approximate surface area is 131 Å². The molecule has 2 aliphatic rings. The zero-order valence-corrected chi connectivity index (χ0v) is 13.4. The van der Waals surface area contributed by atoms with E-state index < -0.39 is 0 Å². The van der Waals surface area contributed by atoms with Gasteiger partial charge in [-0.15, -0.1) is 0 Å². The van der Waals surface area contributed by atoms with Crippen LogP contribution in [0.5, 0.6) is 0 Å². The van der Waals surface area contributed by atoms with Gasteiger partial charge in [0.15, 0.2) is 0 Å². The van der Waals surface area contributed by atoms with E-state index in [1.807, 2.05) is 6.20 Å². The summed E-state index contributed by atoms with van der Waals surface area (Å²) in [5.74, 6) is 0.269. The van der Waals surface area contributed by atoms with Crippen LogP contribution in [0.3, 0.4) is 0 Å². The number of rotatable bonds is 4. The molecule has 22 heavy (non-hydrogen) atoms. The minimum atomic E-state index is 0.174. The SMILES string of the molecule is Cc1cn[nH]c1C1CCCCN1C(=O)CCN1CCOCC1. The standard InChI is InChI=1S/C16H26N4O2/c1-13-12-17-18-16(13)14-4-2-3-6-20(14)15(21)5-7-19-8-10-22-11-9-19/h12,14H,2-11H2,1H3,(H,17,18). The first-order chi connectivity index (χ1) is 10.8. The van der Waals surface area contributed by atoms with Crippen LogP contribution >= 0.6 is 0 Å². The number of likely N-dealkylation sites (tertiary alicyclic amines) is 1. The number of carbonyl (C=O) groups excluding carboxylic acids is 1. The molecule has 6 nitrogen and oxygen atoms in total. The van der Waals surface area contributed by atoms with Gasteiger partial charge in [-0.1, -0.05) is 0 Å². The highest BCUT2D eigenvalue weighted by Crippen LogP contribution is 2.31. The predicted octanol–water partition coefficient (Wildman–Crippen LogP) is 1.49. The number of morpholine rings is 1. The molecule has 1 aromatic heterocycles. The average molecular weight is 306 g/mol. The Kier molecular flexibility index (Phi) is 5.10. The van der Waals surface area contributed by atoms with E-state index in [0.29, 0.717) is 6.42 Å². The van der Waals surface area contributed by atoms with Crippen molar-refractivity contribution in [3.8, 4) is 0 Å². The van der Waals surface area contributed by atoms with Gasteiger partial charge < -0.3 is 9.64 Å². The number of amides is 1. The molecule has 1 amide bonds. The van der Waals surface area contributed by atoms with Crippen molar-refractivity contribution >= 4 is 5.91 Å². The number of H-pyrrole nitrogens is 1. The van der Waals surface area contributed by atoms with Crippen LogP contribution in [0.25, 0.3) is 0 Å². The van der Waals surface area contributed by atoms with Crippen LogP contribution in [0.1, 0.15) is 43.0 Å². The van der Waals surface area contributed by atoms with Crippen molar-refractivity contribution in [3.05, 3.63) is 17.5 Å². The topological polar surface area (TPSA) is 61.5 Å². The maximum Gasteiger partial charge on any atom is 0.224 e. The maximum atomic E-state index is 12.7. The molecule has 3 heterocycles. The van der Waals surface area contributed by atoms with Crippen molar-refractivity contribution in [3.63, 3.8) is 0 Å². The van der Waals surface area contributed by atoms with Gasteiger partial charge in [0.05, 0.1) is 31.1 Å². The van der Waals surface area contributed by atoms with Gasteiger partial charge >= 0.3 is 0 Å². The second-order valence-corrected chi connectivity index (χ2v) is 6.27. The first kappa shape index (κ1) is 15.5. The first-order valence-corrected chi connectivity index (χ1v) is 8.35. The molecule has 2 aliphatic heterocycles. The molecule has 1 atom stereocenters. The third-order valence-corrected chi connectivity index (χ3v) is 4.77. The molecule has 3 rings (SSSR count). The highest BCUT2D eigenvalue weighted by atomic mass is 16.5. The summed E-state index contributed by atoms with van der Waals surface area (Å²) in [6.45, 7) is 7.22. The van der Waals surface area contributed by atoms with Gasteiger partial charge in [-0.25, -0.2) is 0 Å². The highest BCUT2D eigenvalue weighted by molar-refractivity contribution is 5.77. The highest BCUT2D eigenvalue weighted by Gasteiger charge is 2.30. The molecule has 0 saturated carbocycles. The molecular weight excluding hydrogens is 280 g/mol. The third-order valence-electron chi connectivity index (χ3n) is 4.77. The zero-order chi connectivity index (χ0) is 15.4. The number of aromatic amines is 1. The van der Waals surface area contributed by atoms with E-state index in [1.165, 1.54) is 6.42 Å². The molecule has 1 N–H and O–H groups in total. The van der Waals surface area contributed by atoms with Crippen LogP contribution in [0, 0.1) is 6.92 Å². The summed E-state index contributed by atoms with van der Waals surface area (Å²) in [5.41, 5.74) is 2.26. The van der Waals surface area contributed by atoms with Gasteiger partial charge in [0.2, 0.25) is 5.91 Å². The summed E-state index contributed by atoms with van der Waals surface area (Å²) in [6.07, 6.45) is 5.76. The van der Waals surface area contributed by atoms with E-state index in [4.69, 9.17) is 4.74 Å². The predicted molar refractivity (Wildman–Crippen MR) is 83.5 cm³/mol. The van der Waals surface area contributed by atoms with Crippen LogP contribution < -0.4 is 0 Å². The molecule has 0 radical (unpaired) electrons. The lowest BCUT2D eigenvalue weighted by Gasteiger charge is -2.36. The van der Waals surface area contributed by atoms with E-state index in [9.17, 15) is 4.79 Å². The maximum absolute atomic E-state index is 12.7. The monoisotopic (exact) mass is 306 g/mol. The van der Waals surface area contributed by atoms with Gasteiger partial charge in [-0.3, -0.25) is 14.8 Å². The smallest absolute Gasteiger partial charge is 0.224 e. The normalized spacial score (nSPS) is 23.7. The Bertz CT molecular complexity index is 496. The molecule has 1 unspecified atom stereocenters. The molecular formula is C16H26N4O2. The number of aryl methyl sites for hydroxylation is 1. The van der Waals surface area contributed by atoms with Crippen LogP contribution in [-0.2, 0) is 9.53 Å². The number of hydrogen-bond donors (Lipinski definition) is 1. The van der Waals surface area contributed by atoms with Crippen LogP contribution in [0.4, 0.5) is 0 Å². The van der Waals surface area contributed by atoms with Gasteiger partial charge in [-0.2, -0.15) is 5.10 Å². The molecule has 2 saturated heterocycles. The third kappa shape index (κ3) is 3.50. The Morgan fingerprint density at radius 2 is 2.18 bits per heavy atom. The van der Waals surface area contributed by atoms with Gasteiger partial charge in [0, 0.05) is 32.6 Å². The Morgan fingerprint density at radius 3 is 2.91 bits per heavy atom. The second-order valence-electron chi connectivity index (χ2n) is 6.27. The fourth-order valence-electron chi connectivity index (χ4n) is 3.45. The number of ether oxygens (including phenoxy) is 1. The Balaban J connectivity index is 1.60. The zero-order valence-electron chi connectivity index (χ0n) is 13.4. The molecule has 122 valence electrons. The van der Waals surface area contributed by atoms with Crippen molar-refractivity contribution in [2.45, 2.75) is 38.6 Å². The molecule has 2 fully saturated rings. The van der Waals surface area contributed by atoms with E-state index in [0.717, 1.165) is 63.5 Å². The van der Waals surface area contributed by atoms with Crippen molar-refractivity contribution in [2.75, 3.05) is 39.4 Å². The van der Waals surface area contributed by atoms with Crippen LogP contribution in [-0.4, -0.2) is 65.3 Å². The molecule has 1 aromatic rings. The van der Waals surface area contributed by atoms with Crippen molar-refractivity contribution < 1.29 is 9.53 Å². The van der Waals surface area contributed by atoms with Crippen molar-refractivity contribution in [1.82, 2.24) is 20.0 Å². The number of nitrogens with zero attached hydrogens (tertiary/aromatic N) is 3. The quantitative estimate of drug-likeness (QED) is 0.915. The fraction of sp³-hybridized carbons (Fsp3) is 0.750. The van der Waals surface area contributed by atoms with Crippen LogP contribution in [0.15, 0.2) is 6.20 Å². The van der Waals surface area contributed by atoms with Gasteiger partial charge in [0.25, 0.3) is 0 Å². The minimum Gasteiger partial charge on any atom is -0.379 e.